The third-order valence-electron chi connectivity index (χ3n) is 6.50. The monoisotopic (exact) mass is 372 g/mol. The standard InChI is InChI=1S/C20H24N2O5/c1-12-4-16(22(25)26)2-3-17(12)21-18(23)11-27-19(24)20-8-13-5-14(9-20)7-15(6-13)10-20/h2-4,13-15H,5-11H2,1H3,(H,21,23). The van der Waals surface area contributed by atoms with Gasteiger partial charge in [0, 0.05) is 17.8 Å². The molecule has 4 bridgehead atoms. The number of nitro groups is 1. The average Bonchev–Trinajstić information content (AvgIpc) is 2.60. The first kappa shape index (κ1) is 17.9. The van der Waals surface area contributed by atoms with Crippen molar-refractivity contribution in [2.75, 3.05) is 11.9 Å². The van der Waals surface area contributed by atoms with Crippen LogP contribution in [0.2, 0.25) is 0 Å². The van der Waals surface area contributed by atoms with Crippen molar-refractivity contribution in [1.29, 1.82) is 0 Å². The highest BCUT2D eigenvalue weighted by Crippen LogP contribution is 2.60. The predicted molar refractivity (Wildman–Crippen MR) is 98.0 cm³/mol. The molecule has 1 N–H and O–H groups in total. The molecule has 7 heteroatoms. The van der Waals surface area contributed by atoms with Crippen LogP contribution in [0, 0.1) is 40.2 Å². The van der Waals surface area contributed by atoms with Gasteiger partial charge < -0.3 is 10.1 Å². The van der Waals surface area contributed by atoms with Crippen molar-refractivity contribution in [3.63, 3.8) is 0 Å². The predicted octanol–water partition coefficient (Wildman–Crippen LogP) is 3.60. The topological polar surface area (TPSA) is 98.5 Å². The molecule has 0 aliphatic heterocycles. The molecule has 0 saturated heterocycles. The first-order chi connectivity index (χ1) is 12.8. The Morgan fingerprint density at radius 2 is 1.78 bits per heavy atom. The SMILES string of the molecule is Cc1cc([N+](=O)[O-])ccc1NC(=O)COC(=O)C12CC3CC(CC(C3)C1)C2. The van der Waals surface area contributed by atoms with E-state index in [0.29, 0.717) is 29.0 Å². The van der Waals surface area contributed by atoms with E-state index in [-0.39, 0.29) is 23.7 Å². The van der Waals surface area contributed by atoms with Gasteiger partial charge in [-0.1, -0.05) is 0 Å². The van der Waals surface area contributed by atoms with Crippen molar-refractivity contribution in [2.45, 2.75) is 45.4 Å². The van der Waals surface area contributed by atoms with E-state index >= 15 is 0 Å². The fourth-order valence-electron chi connectivity index (χ4n) is 5.73. The largest absolute Gasteiger partial charge is 0.455 e. The number of hydrogen-bond acceptors (Lipinski definition) is 5. The quantitative estimate of drug-likeness (QED) is 0.484. The molecule has 4 aliphatic rings. The number of ether oxygens (including phenoxy) is 1. The van der Waals surface area contributed by atoms with Crippen LogP contribution >= 0.6 is 0 Å². The van der Waals surface area contributed by atoms with Crippen LogP contribution in [0.4, 0.5) is 11.4 Å². The Hall–Kier alpha value is -2.44. The van der Waals surface area contributed by atoms with E-state index in [9.17, 15) is 19.7 Å². The van der Waals surface area contributed by atoms with Crippen molar-refractivity contribution in [3.05, 3.63) is 33.9 Å². The Morgan fingerprint density at radius 1 is 1.19 bits per heavy atom. The molecular weight excluding hydrogens is 348 g/mol. The number of esters is 1. The van der Waals surface area contributed by atoms with Gasteiger partial charge in [-0.25, -0.2) is 0 Å². The molecule has 1 aromatic rings. The van der Waals surface area contributed by atoms with E-state index in [1.165, 1.54) is 37.5 Å². The number of carbonyl (C=O) groups excluding carboxylic acids is 2. The summed E-state index contributed by atoms with van der Waals surface area (Å²) in [4.78, 5) is 35.3. The van der Waals surface area contributed by atoms with E-state index in [2.05, 4.69) is 5.32 Å². The highest BCUT2D eigenvalue weighted by Gasteiger charge is 2.55. The van der Waals surface area contributed by atoms with E-state index in [4.69, 9.17) is 4.74 Å². The third kappa shape index (κ3) is 3.42. The molecule has 5 rings (SSSR count). The number of rotatable bonds is 5. The zero-order chi connectivity index (χ0) is 19.2. The molecule has 0 spiro atoms. The van der Waals surface area contributed by atoms with Gasteiger partial charge in [0.05, 0.1) is 10.3 Å². The lowest BCUT2D eigenvalue weighted by Crippen LogP contribution is -2.50. The molecule has 144 valence electrons. The summed E-state index contributed by atoms with van der Waals surface area (Å²) < 4.78 is 5.40. The van der Waals surface area contributed by atoms with Crippen LogP contribution in [-0.4, -0.2) is 23.4 Å². The highest BCUT2D eigenvalue weighted by molar-refractivity contribution is 5.94. The van der Waals surface area contributed by atoms with Gasteiger partial charge in [0.2, 0.25) is 0 Å². The van der Waals surface area contributed by atoms with Crippen LogP contribution < -0.4 is 5.32 Å². The molecule has 0 aromatic heterocycles. The number of amides is 1. The fourth-order valence-corrected chi connectivity index (χ4v) is 5.73. The van der Waals surface area contributed by atoms with Crippen LogP contribution in [0.3, 0.4) is 0 Å². The summed E-state index contributed by atoms with van der Waals surface area (Å²) in [7, 11) is 0. The Bertz CT molecular complexity index is 768. The molecule has 27 heavy (non-hydrogen) atoms. The number of aryl methyl sites for hydroxylation is 1. The molecule has 0 atom stereocenters. The van der Waals surface area contributed by atoms with Crippen LogP contribution in [-0.2, 0) is 14.3 Å². The summed E-state index contributed by atoms with van der Waals surface area (Å²) in [6.45, 7) is 1.36. The lowest BCUT2D eigenvalue weighted by molar-refractivity contribution is -0.384. The van der Waals surface area contributed by atoms with Crippen LogP contribution in [0.5, 0.6) is 0 Å². The molecule has 0 unspecified atom stereocenters. The number of anilines is 1. The van der Waals surface area contributed by atoms with Crippen molar-refractivity contribution in [2.24, 2.45) is 23.2 Å². The number of hydrogen-bond donors (Lipinski definition) is 1. The Labute approximate surface area is 157 Å². The normalized spacial score (nSPS) is 30.8. The van der Waals surface area contributed by atoms with Gasteiger partial charge in [0.1, 0.15) is 0 Å². The molecule has 1 aromatic carbocycles. The Kier molecular flexibility index (Phi) is 4.40. The Morgan fingerprint density at radius 3 is 2.30 bits per heavy atom. The zero-order valence-corrected chi connectivity index (χ0v) is 15.4. The number of nitro benzene ring substituents is 1. The molecule has 1 amide bonds. The fraction of sp³-hybridized carbons (Fsp3) is 0.600. The van der Waals surface area contributed by atoms with Crippen LogP contribution in [0.25, 0.3) is 0 Å². The summed E-state index contributed by atoms with van der Waals surface area (Å²) in [6, 6.07) is 4.23. The molecule has 4 saturated carbocycles. The second-order valence-corrected chi connectivity index (χ2v) is 8.58. The number of benzene rings is 1. The number of nitrogens with one attached hydrogen (secondary N) is 1. The molecule has 7 nitrogen and oxygen atoms in total. The number of carbonyl (C=O) groups is 2. The first-order valence-corrected chi connectivity index (χ1v) is 9.57. The van der Waals surface area contributed by atoms with Gasteiger partial charge in [-0.2, -0.15) is 0 Å². The van der Waals surface area contributed by atoms with E-state index in [0.717, 1.165) is 19.3 Å². The van der Waals surface area contributed by atoms with Crippen molar-refractivity contribution < 1.29 is 19.2 Å². The van der Waals surface area contributed by atoms with Gasteiger partial charge in [-0.05, 0) is 74.8 Å². The minimum atomic E-state index is -0.480. The smallest absolute Gasteiger partial charge is 0.312 e. The molecule has 4 fully saturated rings. The molecule has 0 heterocycles. The zero-order valence-electron chi connectivity index (χ0n) is 15.4. The van der Waals surface area contributed by atoms with Crippen molar-refractivity contribution >= 4 is 23.3 Å². The minimum absolute atomic E-state index is 0.0289. The van der Waals surface area contributed by atoms with Gasteiger partial charge >= 0.3 is 5.97 Å². The van der Waals surface area contributed by atoms with Gasteiger partial charge in [-0.15, -0.1) is 0 Å². The van der Waals surface area contributed by atoms with Gasteiger partial charge in [0.25, 0.3) is 11.6 Å². The summed E-state index contributed by atoms with van der Waals surface area (Å²) in [5.74, 6) is 1.27. The van der Waals surface area contributed by atoms with E-state index < -0.39 is 10.8 Å². The van der Waals surface area contributed by atoms with Crippen molar-refractivity contribution in [3.8, 4) is 0 Å². The Balaban J connectivity index is 1.34. The second kappa shape index (κ2) is 6.62. The van der Waals surface area contributed by atoms with Gasteiger partial charge in [-0.3, -0.25) is 19.7 Å². The van der Waals surface area contributed by atoms with E-state index in [1.54, 1.807) is 6.92 Å². The maximum atomic E-state index is 12.8. The summed E-state index contributed by atoms with van der Waals surface area (Å²) in [5.41, 5.74) is 0.665. The number of non-ortho nitro benzene ring substituents is 1. The first-order valence-electron chi connectivity index (χ1n) is 9.57. The van der Waals surface area contributed by atoms with E-state index in [1.807, 2.05) is 0 Å². The molecule has 0 radical (unpaired) electrons. The summed E-state index contributed by atoms with van der Waals surface area (Å²) in [6.07, 6.45) is 6.44. The van der Waals surface area contributed by atoms with Gasteiger partial charge in [0.15, 0.2) is 6.61 Å². The highest BCUT2D eigenvalue weighted by atomic mass is 16.6. The van der Waals surface area contributed by atoms with Crippen molar-refractivity contribution in [1.82, 2.24) is 0 Å². The van der Waals surface area contributed by atoms with Crippen LogP contribution in [0.15, 0.2) is 18.2 Å². The molecule has 4 aliphatic carbocycles. The molecular formula is C20H24N2O5. The number of nitrogens with zero attached hydrogens (tertiary/aromatic N) is 1. The average molecular weight is 372 g/mol. The minimum Gasteiger partial charge on any atom is -0.455 e. The maximum Gasteiger partial charge on any atom is 0.312 e. The van der Waals surface area contributed by atoms with Crippen LogP contribution in [0.1, 0.15) is 44.1 Å². The summed E-state index contributed by atoms with van der Waals surface area (Å²) in [5, 5.41) is 13.5. The summed E-state index contributed by atoms with van der Waals surface area (Å²) >= 11 is 0. The maximum absolute atomic E-state index is 12.8. The lowest BCUT2D eigenvalue weighted by atomic mass is 9.49. The third-order valence-corrected chi connectivity index (χ3v) is 6.50. The second-order valence-electron chi connectivity index (χ2n) is 8.58. The lowest BCUT2D eigenvalue weighted by Gasteiger charge is -2.55.